The minimum atomic E-state index is -0.357. The molecule has 2 N–H and O–H groups in total. The smallest absolute Gasteiger partial charge is 0.251 e. The Morgan fingerprint density at radius 1 is 1.07 bits per heavy atom. The molecule has 2 amide bonds. The van der Waals surface area contributed by atoms with Gasteiger partial charge in [0.1, 0.15) is 5.82 Å². The molecule has 5 nitrogen and oxygen atoms in total. The van der Waals surface area contributed by atoms with E-state index in [-0.39, 0.29) is 29.7 Å². The molecule has 1 saturated heterocycles. The van der Waals surface area contributed by atoms with Gasteiger partial charge in [-0.1, -0.05) is 29.8 Å². The standard InChI is InChI=1S/C23H28FN3O2/c1-16-3-5-18(6-4-16)15-25-22(28)17(2)27-13-11-21(12-14-27)26-23(29)19-7-9-20(24)10-8-19/h3-10,17,21H,11-15H2,1-2H3,(H,25,28)(H,26,29). The molecule has 0 radical (unpaired) electrons. The maximum atomic E-state index is 13.0. The Kier molecular flexibility index (Phi) is 6.99. The van der Waals surface area contributed by atoms with Crippen molar-refractivity contribution in [1.82, 2.24) is 15.5 Å². The average Bonchev–Trinajstić information content (AvgIpc) is 2.73. The molecular formula is C23H28FN3O2. The fraction of sp³-hybridized carbons (Fsp3) is 0.391. The molecule has 2 aromatic rings. The van der Waals surface area contributed by atoms with E-state index in [1.807, 2.05) is 38.1 Å². The van der Waals surface area contributed by atoms with Gasteiger partial charge in [-0.2, -0.15) is 0 Å². The number of piperidine rings is 1. The summed E-state index contributed by atoms with van der Waals surface area (Å²) in [5.74, 6) is -0.531. The number of aryl methyl sites for hydroxylation is 1. The summed E-state index contributed by atoms with van der Waals surface area (Å²) in [6, 6.07) is 13.5. The molecule has 0 bridgehead atoms. The molecule has 1 atom stereocenters. The van der Waals surface area contributed by atoms with Crippen LogP contribution in [0.3, 0.4) is 0 Å². The van der Waals surface area contributed by atoms with Crippen molar-refractivity contribution in [2.75, 3.05) is 13.1 Å². The predicted octanol–water partition coefficient (Wildman–Crippen LogP) is 3.03. The van der Waals surface area contributed by atoms with Crippen molar-refractivity contribution in [2.24, 2.45) is 0 Å². The summed E-state index contributed by atoms with van der Waals surface area (Å²) in [6.07, 6.45) is 1.56. The number of carbonyl (C=O) groups is 2. The molecule has 154 valence electrons. The van der Waals surface area contributed by atoms with Gasteiger partial charge < -0.3 is 10.6 Å². The molecule has 0 spiro atoms. The number of halogens is 1. The molecule has 1 heterocycles. The van der Waals surface area contributed by atoms with Crippen molar-refractivity contribution in [3.05, 3.63) is 71.0 Å². The van der Waals surface area contributed by atoms with Gasteiger partial charge in [-0.25, -0.2) is 4.39 Å². The summed E-state index contributed by atoms with van der Waals surface area (Å²) >= 11 is 0. The Morgan fingerprint density at radius 3 is 2.31 bits per heavy atom. The molecule has 0 aliphatic carbocycles. The van der Waals surface area contributed by atoms with Gasteiger partial charge in [0, 0.05) is 31.2 Å². The van der Waals surface area contributed by atoms with Gasteiger partial charge in [0.2, 0.25) is 5.91 Å². The average molecular weight is 397 g/mol. The van der Waals surface area contributed by atoms with Crippen molar-refractivity contribution in [3.8, 4) is 0 Å². The van der Waals surface area contributed by atoms with E-state index in [4.69, 9.17) is 0 Å². The van der Waals surface area contributed by atoms with E-state index in [1.165, 1.54) is 29.8 Å². The fourth-order valence-corrected chi connectivity index (χ4v) is 3.51. The number of carbonyl (C=O) groups excluding carboxylic acids is 2. The first-order valence-corrected chi connectivity index (χ1v) is 10.1. The summed E-state index contributed by atoms with van der Waals surface area (Å²) in [7, 11) is 0. The van der Waals surface area contributed by atoms with Crippen molar-refractivity contribution >= 4 is 11.8 Å². The third kappa shape index (κ3) is 5.87. The Labute approximate surface area is 171 Å². The van der Waals surface area contributed by atoms with Crippen LogP contribution >= 0.6 is 0 Å². The minimum Gasteiger partial charge on any atom is -0.351 e. The number of likely N-dealkylation sites (tertiary alicyclic amines) is 1. The van der Waals surface area contributed by atoms with Crippen molar-refractivity contribution in [3.63, 3.8) is 0 Å². The molecule has 3 rings (SSSR count). The summed E-state index contributed by atoms with van der Waals surface area (Å²) in [5, 5.41) is 6.01. The number of hydrogen-bond acceptors (Lipinski definition) is 3. The van der Waals surface area contributed by atoms with E-state index in [0.717, 1.165) is 31.5 Å². The van der Waals surface area contributed by atoms with Crippen molar-refractivity contribution in [1.29, 1.82) is 0 Å². The lowest BCUT2D eigenvalue weighted by atomic mass is 10.0. The zero-order valence-corrected chi connectivity index (χ0v) is 17.0. The molecule has 1 aliphatic rings. The quantitative estimate of drug-likeness (QED) is 0.788. The van der Waals surface area contributed by atoms with E-state index in [1.54, 1.807) is 0 Å². The maximum Gasteiger partial charge on any atom is 0.251 e. The molecule has 1 aliphatic heterocycles. The number of amides is 2. The molecule has 2 aromatic carbocycles. The fourth-order valence-electron chi connectivity index (χ4n) is 3.51. The zero-order chi connectivity index (χ0) is 20.8. The maximum absolute atomic E-state index is 13.0. The summed E-state index contributed by atoms with van der Waals surface area (Å²) in [6.45, 7) is 5.96. The Hall–Kier alpha value is -2.73. The van der Waals surface area contributed by atoms with Crippen LogP contribution in [0, 0.1) is 12.7 Å². The molecule has 6 heteroatoms. The second kappa shape index (κ2) is 9.65. The Bertz CT molecular complexity index is 828. The highest BCUT2D eigenvalue weighted by Crippen LogP contribution is 2.15. The molecular weight excluding hydrogens is 369 g/mol. The van der Waals surface area contributed by atoms with Gasteiger partial charge in [-0.15, -0.1) is 0 Å². The zero-order valence-electron chi connectivity index (χ0n) is 17.0. The molecule has 1 fully saturated rings. The highest BCUT2D eigenvalue weighted by molar-refractivity contribution is 5.94. The lowest BCUT2D eigenvalue weighted by Crippen LogP contribution is -2.51. The van der Waals surface area contributed by atoms with E-state index in [9.17, 15) is 14.0 Å². The van der Waals surface area contributed by atoms with Gasteiger partial charge in [0.05, 0.1) is 6.04 Å². The number of rotatable bonds is 6. The second-order valence-corrected chi connectivity index (χ2v) is 7.67. The third-order valence-corrected chi connectivity index (χ3v) is 5.49. The van der Waals surface area contributed by atoms with Gasteiger partial charge >= 0.3 is 0 Å². The summed E-state index contributed by atoms with van der Waals surface area (Å²) in [5.41, 5.74) is 2.74. The van der Waals surface area contributed by atoms with Crippen LogP contribution in [0.1, 0.15) is 41.3 Å². The van der Waals surface area contributed by atoms with E-state index < -0.39 is 0 Å². The van der Waals surface area contributed by atoms with Gasteiger partial charge in [0.25, 0.3) is 5.91 Å². The SMILES string of the molecule is Cc1ccc(CNC(=O)C(C)N2CCC(NC(=O)c3ccc(F)cc3)CC2)cc1. The normalized spacial score (nSPS) is 16.2. The Morgan fingerprint density at radius 2 is 1.69 bits per heavy atom. The van der Waals surface area contributed by atoms with E-state index in [0.29, 0.717) is 12.1 Å². The van der Waals surface area contributed by atoms with Gasteiger partial charge in [-0.3, -0.25) is 14.5 Å². The second-order valence-electron chi connectivity index (χ2n) is 7.67. The van der Waals surface area contributed by atoms with Crippen LogP contribution in [-0.4, -0.2) is 41.9 Å². The predicted molar refractivity (Wildman–Crippen MR) is 111 cm³/mol. The third-order valence-electron chi connectivity index (χ3n) is 5.49. The van der Waals surface area contributed by atoms with Crippen LogP contribution in [0.25, 0.3) is 0 Å². The lowest BCUT2D eigenvalue weighted by Gasteiger charge is -2.35. The number of benzene rings is 2. The lowest BCUT2D eigenvalue weighted by molar-refractivity contribution is -0.126. The molecule has 29 heavy (non-hydrogen) atoms. The Balaban J connectivity index is 1.43. The summed E-state index contributed by atoms with van der Waals surface area (Å²) in [4.78, 5) is 26.9. The topological polar surface area (TPSA) is 61.4 Å². The molecule has 0 aromatic heterocycles. The van der Waals surface area contributed by atoms with Crippen LogP contribution in [0.2, 0.25) is 0 Å². The number of nitrogens with one attached hydrogen (secondary N) is 2. The minimum absolute atomic E-state index is 0.0133. The molecule has 0 saturated carbocycles. The van der Waals surface area contributed by atoms with E-state index in [2.05, 4.69) is 15.5 Å². The highest BCUT2D eigenvalue weighted by atomic mass is 19.1. The van der Waals surface area contributed by atoms with Crippen LogP contribution in [0.5, 0.6) is 0 Å². The van der Waals surface area contributed by atoms with Crippen molar-refractivity contribution < 1.29 is 14.0 Å². The highest BCUT2D eigenvalue weighted by Gasteiger charge is 2.27. The first kappa shape index (κ1) is 21.0. The van der Waals surface area contributed by atoms with Gasteiger partial charge in [0.15, 0.2) is 0 Å². The summed E-state index contributed by atoms with van der Waals surface area (Å²) < 4.78 is 13.0. The van der Waals surface area contributed by atoms with Crippen LogP contribution < -0.4 is 10.6 Å². The molecule has 1 unspecified atom stereocenters. The monoisotopic (exact) mass is 397 g/mol. The van der Waals surface area contributed by atoms with Crippen molar-refractivity contribution in [2.45, 2.75) is 45.3 Å². The van der Waals surface area contributed by atoms with E-state index >= 15 is 0 Å². The van der Waals surface area contributed by atoms with Gasteiger partial charge in [-0.05, 0) is 56.5 Å². The first-order valence-electron chi connectivity index (χ1n) is 10.1. The van der Waals surface area contributed by atoms with Crippen LogP contribution in [0.15, 0.2) is 48.5 Å². The number of hydrogen-bond donors (Lipinski definition) is 2. The first-order chi connectivity index (χ1) is 13.9. The number of nitrogens with zero attached hydrogens (tertiary/aromatic N) is 1. The van der Waals surface area contributed by atoms with Crippen LogP contribution in [-0.2, 0) is 11.3 Å². The largest absolute Gasteiger partial charge is 0.351 e. The van der Waals surface area contributed by atoms with Crippen LogP contribution in [0.4, 0.5) is 4.39 Å².